The van der Waals surface area contributed by atoms with Crippen molar-refractivity contribution in [1.29, 1.82) is 0 Å². The van der Waals surface area contributed by atoms with E-state index < -0.39 is 53.1 Å². The lowest BCUT2D eigenvalue weighted by Crippen LogP contribution is -2.61. The van der Waals surface area contributed by atoms with Gasteiger partial charge in [0.2, 0.25) is 23.5 Å². The fraction of sp³-hybridized carbons (Fsp3) is 0.793. The average Bonchev–Trinajstić information content (AvgIpc) is 3.76. The molecular weight excluding hydrogens is 528 g/mol. The summed E-state index contributed by atoms with van der Waals surface area (Å²) in [5.41, 5.74) is 4.39. The van der Waals surface area contributed by atoms with Crippen molar-refractivity contribution in [2.24, 2.45) is 34.3 Å². The number of rotatable bonds is 10. The van der Waals surface area contributed by atoms with Crippen molar-refractivity contribution in [2.75, 3.05) is 26.2 Å². The van der Waals surface area contributed by atoms with Gasteiger partial charge in [-0.05, 0) is 54.3 Å². The second-order valence-electron chi connectivity index (χ2n) is 13.9. The maximum absolute atomic E-state index is 14.0. The molecule has 2 saturated heterocycles. The number of Topliss-reactive ketones (excluding diaryl/α,β-unsaturated/α-hetero) is 1. The summed E-state index contributed by atoms with van der Waals surface area (Å²) < 4.78 is 0. The smallest absolute Gasteiger partial charge is 0.315 e. The number of nitrogens with two attached hydrogens (primary N) is 1. The molecule has 2 saturated carbocycles. The first-order valence-corrected chi connectivity index (χ1v) is 14.9. The van der Waals surface area contributed by atoms with E-state index in [0.29, 0.717) is 26.1 Å². The molecule has 0 bridgehead atoms. The number of piperidine rings is 2. The van der Waals surface area contributed by atoms with Crippen molar-refractivity contribution in [3.05, 3.63) is 0 Å². The van der Waals surface area contributed by atoms with Crippen LogP contribution in [-0.4, -0.2) is 89.5 Å². The minimum atomic E-state index is -1.10. The summed E-state index contributed by atoms with van der Waals surface area (Å²) in [6.07, 6.45) is 5.17. The van der Waals surface area contributed by atoms with E-state index in [9.17, 15) is 28.8 Å². The van der Waals surface area contributed by atoms with Gasteiger partial charge in [-0.25, -0.2) is 4.79 Å². The molecule has 5 atom stereocenters. The maximum Gasteiger partial charge on any atom is 0.315 e. The van der Waals surface area contributed by atoms with Gasteiger partial charge in [0.1, 0.15) is 12.1 Å². The molecule has 4 rings (SSSR count). The quantitative estimate of drug-likeness (QED) is 0.277. The molecule has 1 unspecified atom stereocenters. The number of urea groups is 1. The van der Waals surface area contributed by atoms with Gasteiger partial charge in [0.15, 0.2) is 0 Å². The van der Waals surface area contributed by atoms with Gasteiger partial charge in [0, 0.05) is 19.6 Å². The number of hydrogen-bond donors (Lipinski definition) is 4. The van der Waals surface area contributed by atoms with Crippen LogP contribution in [0.25, 0.3) is 0 Å². The lowest BCUT2D eigenvalue weighted by Gasteiger charge is -2.38. The standard InChI is InChI=1S/C29H46N6O6/c1-28(2,3)23(33-27(41)31-14-19(36)34-11-7-6-8-12-34)26(40)35-15-17-20(29(17,4)5)21(35)25(39)32-18(13-16-9-10-16)22(37)24(30)38/h16-18,20-21,23H,6-15H2,1-5H3,(H2,30,38)(H,32,39)(H2,31,33,41)/t17-,18?,20-,21-,23+/m0/s1. The van der Waals surface area contributed by atoms with Gasteiger partial charge in [-0.3, -0.25) is 24.0 Å². The summed E-state index contributed by atoms with van der Waals surface area (Å²) >= 11 is 0. The first-order chi connectivity index (χ1) is 19.1. The second kappa shape index (κ2) is 11.6. The maximum atomic E-state index is 14.0. The lowest BCUT2D eigenvalue weighted by molar-refractivity contribution is -0.145. The van der Waals surface area contributed by atoms with Gasteiger partial charge in [0.05, 0.1) is 12.6 Å². The van der Waals surface area contributed by atoms with Gasteiger partial charge in [-0.2, -0.15) is 0 Å². The third-order valence-electron chi connectivity index (χ3n) is 9.40. The van der Waals surface area contributed by atoms with Crippen LogP contribution in [0.1, 0.15) is 73.1 Å². The molecule has 5 N–H and O–H groups in total. The highest BCUT2D eigenvalue weighted by Crippen LogP contribution is 2.65. The van der Waals surface area contributed by atoms with Crippen molar-refractivity contribution in [2.45, 2.75) is 91.3 Å². The minimum Gasteiger partial charge on any atom is -0.363 e. The topological polar surface area (TPSA) is 171 Å². The first kappa shape index (κ1) is 30.8. The molecule has 0 radical (unpaired) electrons. The van der Waals surface area contributed by atoms with Crippen LogP contribution in [0.15, 0.2) is 0 Å². The number of primary amides is 1. The largest absolute Gasteiger partial charge is 0.363 e. The number of carbonyl (C=O) groups is 6. The van der Waals surface area contributed by atoms with Gasteiger partial charge in [0.25, 0.3) is 5.91 Å². The summed E-state index contributed by atoms with van der Waals surface area (Å²) in [5, 5.41) is 8.09. The molecule has 0 aromatic rings. The average molecular weight is 575 g/mol. The Morgan fingerprint density at radius 1 is 0.976 bits per heavy atom. The molecule has 228 valence electrons. The Morgan fingerprint density at radius 2 is 1.61 bits per heavy atom. The third-order valence-corrected chi connectivity index (χ3v) is 9.40. The van der Waals surface area contributed by atoms with E-state index in [1.807, 2.05) is 34.6 Å². The van der Waals surface area contributed by atoms with E-state index in [1.54, 1.807) is 4.90 Å². The summed E-state index contributed by atoms with van der Waals surface area (Å²) in [6, 6.07) is -3.48. The van der Waals surface area contributed by atoms with Crippen LogP contribution in [0.2, 0.25) is 0 Å². The predicted octanol–water partition coefficient (Wildman–Crippen LogP) is 0.535. The van der Waals surface area contributed by atoms with Crippen LogP contribution in [0, 0.1) is 28.6 Å². The molecule has 4 fully saturated rings. The zero-order valence-corrected chi connectivity index (χ0v) is 25.0. The lowest BCUT2D eigenvalue weighted by atomic mass is 9.85. The summed E-state index contributed by atoms with van der Waals surface area (Å²) in [4.78, 5) is 80.5. The number of fused-ring (bicyclic) bond motifs is 1. The van der Waals surface area contributed by atoms with Crippen LogP contribution in [0.3, 0.4) is 0 Å². The van der Waals surface area contributed by atoms with Crippen LogP contribution in [-0.2, 0) is 24.0 Å². The zero-order chi connectivity index (χ0) is 30.3. The summed E-state index contributed by atoms with van der Waals surface area (Å²) in [5.74, 6) is -2.76. The number of carbonyl (C=O) groups excluding carboxylic acids is 6. The number of nitrogens with zero attached hydrogens (tertiary/aromatic N) is 2. The number of amides is 6. The van der Waals surface area contributed by atoms with Crippen molar-refractivity contribution >= 4 is 35.4 Å². The van der Waals surface area contributed by atoms with Crippen molar-refractivity contribution in [3.63, 3.8) is 0 Å². The third kappa shape index (κ3) is 6.83. The van der Waals surface area contributed by atoms with E-state index in [0.717, 1.165) is 32.1 Å². The van der Waals surface area contributed by atoms with E-state index in [-0.39, 0.29) is 35.6 Å². The predicted molar refractivity (Wildman–Crippen MR) is 150 cm³/mol. The molecule has 2 heterocycles. The molecule has 12 nitrogen and oxygen atoms in total. The van der Waals surface area contributed by atoms with Crippen LogP contribution in [0.5, 0.6) is 0 Å². The van der Waals surface area contributed by atoms with Crippen LogP contribution < -0.4 is 21.7 Å². The van der Waals surface area contributed by atoms with E-state index in [1.165, 1.54) is 4.90 Å². The van der Waals surface area contributed by atoms with Gasteiger partial charge in [-0.1, -0.05) is 47.5 Å². The highest BCUT2D eigenvalue weighted by molar-refractivity contribution is 6.37. The van der Waals surface area contributed by atoms with Crippen molar-refractivity contribution < 1.29 is 28.8 Å². The molecule has 0 aromatic carbocycles. The number of nitrogens with one attached hydrogen (secondary N) is 3. The van der Waals surface area contributed by atoms with Gasteiger partial charge >= 0.3 is 6.03 Å². The first-order valence-electron chi connectivity index (χ1n) is 14.9. The van der Waals surface area contributed by atoms with Crippen LogP contribution >= 0.6 is 0 Å². The number of likely N-dealkylation sites (tertiary alicyclic amines) is 2. The normalized spacial score (nSPS) is 26.3. The summed E-state index contributed by atoms with van der Waals surface area (Å²) in [6.45, 7) is 11.1. The molecule has 6 amide bonds. The Morgan fingerprint density at radius 3 is 2.17 bits per heavy atom. The monoisotopic (exact) mass is 574 g/mol. The fourth-order valence-electron chi connectivity index (χ4n) is 6.57. The molecular formula is C29H46N6O6. The Hall–Kier alpha value is -3.18. The van der Waals surface area contributed by atoms with Gasteiger partial charge < -0.3 is 31.5 Å². The van der Waals surface area contributed by atoms with E-state index in [2.05, 4.69) is 16.0 Å². The Balaban J connectivity index is 1.45. The molecule has 41 heavy (non-hydrogen) atoms. The van der Waals surface area contributed by atoms with Crippen molar-refractivity contribution in [1.82, 2.24) is 25.8 Å². The van der Waals surface area contributed by atoms with Crippen molar-refractivity contribution in [3.8, 4) is 0 Å². The molecule has 0 spiro atoms. The van der Waals surface area contributed by atoms with Crippen LogP contribution in [0.4, 0.5) is 4.79 Å². The number of ketones is 1. The molecule has 0 aromatic heterocycles. The second-order valence-corrected chi connectivity index (χ2v) is 13.9. The Bertz CT molecular complexity index is 1090. The molecule has 12 heteroatoms. The fourth-order valence-corrected chi connectivity index (χ4v) is 6.57. The minimum absolute atomic E-state index is 0.0903. The highest BCUT2D eigenvalue weighted by Gasteiger charge is 2.70. The molecule has 2 aliphatic heterocycles. The SMILES string of the molecule is CC(C)(C)[C@H](NC(=O)NCC(=O)N1CCCCC1)C(=O)N1C[C@H]2[C@@H]([C@H]1C(=O)NC(CC1CC1)C(=O)C(N)=O)C2(C)C. The zero-order valence-electron chi connectivity index (χ0n) is 25.0. The highest BCUT2D eigenvalue weighted by atomic mass is 16.2. The Kier molecular flexibility index (Phi) is 8.71. The van der Waals surface area contributed by atoms with E-state index in [4.69, 9.17) is 5.73 Å². The number of hydrogen-bond acceptors (Lipinski definition) is 6. The van der Waals surface area contributed by atoms with E-state index >= 15 is 0 Å². The Labute approximate surface area is 241 Å². The summed E-state index contributed by atoms with van der Waals surface area (Å²) in [7, 11) is 0. The van der Waals surface area contributed by atoms with Gasteiger partial charge in [-0.15, -0.1) is 0 Å². The molecule has 4 aliphatic rings. The molecule has 2 aliphatic carbocycles.